The summed E-state index contributed by atoms with van der Waals surface area (Å²) in [7, 11) is 0. The number of hydrogen-bond donors (Lipinski definition) is 0. The van der Waals surface area contributed by atoms with Crippen LogP contribution in [-0.4, -0.2) is 32.4 Å². The monoisotopic (exact) mass is 422 g/mol. The van der Waals surface area contributed by atoms with Gasteiger partial charge in [-0.05, 0) is 50.5 Å². The zero-order chi connectivity index (χ0) is 21.1. The van der Waals surface area contributed by atoms with Crippen molar-refractivity contribution in [1.29, 1.82) is 0 Å². The number of rotatable bonds is 8. The Kier molecular flexibility index (Phi) is 6.20. The van der Waals surface area contributed by atoms with Gasteiger partial charge in [-0.15, -0.1) is 10.2 Å². The standard InChI is InChI=1S/C23H26N4O2S/c1-4-29-13-7-12-26-21(28)19-8-5-6-9-20(19)27-22(26)24-25-23(27)30-15-18-14-16(2)10-11-17(18)3/h5-6,8-11,14H,4,7,12-13,15H2,1-3H3. The molecule has 0 amide bonds. The molecule has 0 N–H and O–H groups in total. The Labute approximate surface area is 179 Å². The van der Waals surface area contributed by atoms with Crippen molar-refractivity contribution in [2.45, 2.75) is 44.6 Å². The summed E-state index contributed by atoms with van der Waals surface area (Å²) in [5.74, 6) is 1.38. The second-order valence-corrected chi connectivity index (χ2v) is 8.30. The molecule has 0 aliphatic heterocycles. The van der Waals surface area contributed by atoms with Gasteiger partial charge in [-0.1, -0.05) is 47.7 Å². The molecule has 0 unspecified atom stereocenters. The molecule has 0 atom stereocenters. The van der Waals surface area contributed by atoms with Crippen LogP contribution in [0.15, 0.2) is 52.4 Å². The van der Waals surface area contributed by atoms with Crippen molar-refractivity contribution in [3.63, 3.8) is 0 Å². The number of nitrogens with zero attached hydrogens (tertiary/aromatic N) is 4. The smallest absolute Gasteiger partial charge is 0.262 e. The predicted octanol–water partition coefficient (Wildman–Crippen LogP) is 4.38. The fourth-order valence-electron chi connectivity index (χ4n) is 3.60. The predicted molar refractivity (Wildman–Crippen MR) is 121 cm³/mol. The quantitative estimate of drug-likeness (QED) is 0.311. The molecule has 2 aromatic heterocycles. The molecule has 0 saturated carbocycles. The van der Waals surface area contributed by atoms with Crippen LogP contribution in [0.3, 0.4) is 0 Å². The first kappa shape index (κ1) is 20.6. The zero-order valence-electron chi connectivity index (χ0n) is 17.6. The molecule has 2 aromatic carbocycles. The molecule has 4 aromatic rings. The van der Waals surface area contributed by atoms with Crippen LogP contribution in [0, 0.1) is 13.8 Å². The van der Waals surface area contributed by atoms with E-state index < -0.39 is 0 Å². The van der Waals surface area contributed by atoms with E-state index in [0.717, 1.165) is 22.8 Å². The van der Waals surface area contributed by atoms with Crippen LogP contribution in [-0.2, 0) is 17.0 Å². The lowest BCUT2D eigenvalue weighted by molar-refractivity contribution is 0.141. The Balaban J connectivity index is 1.75. The maximum absolute atomic E-state index is 13.1. The Bertz CT molecular complexity index is 1250. The van der Waals surface area contributed by atoms with Crippen molar-refractivity contribution < 1.29 is 4.74 Å². The van der Waals surface area contributed by atoms with Crippen molar-refractivity contribution >= 4 is 28.4 Å². The highest BCUT2D eigenvalue weighted by Gasteiger charge is 2.17. The lowest BCUT2D eigenvalue weighted by atomic mass is 10.1. The largest absolute Gasteiger partial charge is 0.382 e. The first-order chi connectivity index (χ1) is 14.6. The summed E-state index contributed by atoms with van der Waals surface area (Å²) >= 11 is 1.64. The summed E-state index contributed by atoms with van der Waals surface area (Å²) in [6.07, 6.45) is 0.750. The van der Waals surface area contributed by atoms with Gasteiger partial charge in [0, 0.05) is 25.5 Å². The number of para-hydroxylation sites is 1. The van der Waals surface area contributed by atoms with E-state index in [4.69, 9.17) is 4.74 Å². The van der Waals surface area contributed by atoms with Crippen molar-refractivity contribution in [2.75, 3.05) is 13.2 Å². The highest BCUT2D eigenvalue weighted by Crippen LogP contribution is 2.26. The molecule has 2 heterocycles. The zero-order valence-corrected chi connectivity index (χ0v) is 18.4. The molecule has 0 saturated heterocycles. The van der Waals surface area contributed by atoms with Gasteiger partial charge >= 0.3 is 0 Å². The topological polar surface area (TPSA) is 61.4 Å². The van der Waals surface area contributed by atoms with E-state index in [9.17, 15) is 4.79 Å². The number of aromatic nitrogens is 4. The Morgan fingerprint density at radius 2 is 1.93 bits per heavy atom. The van der Waals surface area contributed by atoms with Crippen LogP contribution in [0.5, 0.6) is 0 Å². The molecule has 0 aliphatic carbocycles. The van der Waals surface area contributed by atoms with Crippen LogP contribution in [0.1, 0.15) is 30.0 Å². The van der Waals surface area contributed by atoms with Gasteiger partial charge in [0.2, 0.25) is 5.78 Å². The minimum Gasteiger partial charge on any atom is -0.382 e. The fraction of sp³-hybridized carbons (Fsp3) is 0.348. The van der Waals surface area contributed by atoms with Crippen LogP contribution < -0.4 is 5.56 Å². The molecule has 4 rings (SSSR count). The van der Waals surface area contributed by atoms with Gasteiger partial charge in [0.15, 0.2) is 5.16 Å². The highest BCUT2D eigenvalue weighted by atomic mass is 32.2. The third kappa shape index (κ3) is 4.00. The second kappa shape index (κ2) is 9.02. The maximum atomic E-state index is 13.1. The summed E-state index contributed by atoms with van der Waals surface area (Å²) in [5.41, 5.74) is 4.60. The lowest BCUT2D eigenvalue weighted by Crippen LogP contribution is -2.24. The molecule has 0 spiro atoms. The average molecular weight is 423 g/mol. The van der Waals surface area contributed by atoms with Gasteiger partial charge in [-0.25, -0.2) is 0 Å². The average Bonchev–Trinajstić information content (AvgIpc) is 3.18. The number of benzene rings is 2. The summed E-state index contributed by atoms with van der Waals surface area (Å²) < 4.78 is 9.17. The summed E-state index contributed by atoms with van der Waals surface area (Å²) in [5, 5.41) is 10.3. The van der Waals surface area contributed by atoms with E-state index in [1.807, 2.05) is 35.6 Å². The minimum absolute atomic E-state index is 0.0342. The highest BCUT2D eigenvalue weighted by molar-refractivity contribution is 7.98. The molecule has 156 valence electrons. The minimum atomic E-state index is -0.0342. The Morgan fingerprint density at radius 1 is 1.10 bits per heavy atom. The first-order valence-corrected chi connectivity index (χ1v) is 11.2. The molecule has 0 radical (unpaired) electrons. The molecule has 30 heavy (non-hydrogen) atoms. The molecule has 0 aliphatic rings. The number of hydrogen-bond acceptors (Lipinski definition) is 5. The van der Waals surface area contributed by atoms with Crippen molar-refractivity contribution in [1.82, 2.24) is 19.2 Å². The lowest BCUT2D eigenvalue weighted by Gasteiger charge is -2.11. The number of fused-ring (bicyclic) bond motifs is 3. The molecule has 0 fully saturated rings. The van der Waals surface area contributed by atoms with E-state index in [-0.39, 0.29) is 5.56 Å². The van der Waals surface area contributed by atoms with Crippen LogP contribution in [0.25, 0.3) is 16.7 Å². The SMILES string of the molecule is CCOCCCn1c(=O)c2ccccc2n2c(SCc3cc(C)ccc3C)nnc12. The maximum Gasteiger partial charge on any atom is 0.262 e. The molecular weight excluding hydrogens is 396 g/mol. The van der Waals surface area contributed by atoms with Gasteiger partial charge in [-0.2, -0.15) is 0 Å². The third-order valence-electron chi connectivity index (χ3n) is 5.21. The van der Waals surface area contributed by atoms with Crippen molar-refractivity contribution in [2.24, 2.45) is 0 Å². The van der Waals surface area contributed by atoms with E-state index in [1.54, 1.807) is 16.3 Å². The van der Waals surface area contributed by atoms with Gasteiger partial charge < -0.3 is 4.74 Å². The van der Waals surface area contributed by atoms with E-state index in [1.165, 1.54) is 16.7 Å². The summed E-state index contributed by atoms with van der Waals surface area (Å²) in [6.45, 7) is 8.04. The second-order valence-electron chi connectivity index (χ2n) is 7.36. The molecule has 7 heteroatoms. The number of aryl methyl sites for hydroxylation is 3. The van der Waals surface area contributed by atoms with Crippen LogP contribution in [0.4, 0.5) is 0 Å². The van der Waals surface area contributed by atoms with Crippen molar-refractivity contribution in [3.05, 3.63) is 69.5 Å². The number of ether oxygens (including phenoxy) is 1. The summed E-state index contributed by atoms with van der Waals surface area (Å²) in [4.78, 5) is 13.1. The number of thioether (sulfide) groups is 1. The van der Waals surface area contributed by atoms with Gasteiger partial charge in [0.05, 0.1) is 10.9 Å². The first-order valence-electron chi connectivity index (χ1n) is 10.2. The van der Waals surface area contributed by atoms with Crippen LogP contribution in [0.2, 0.25) is 0 Å². The van der Waals surface area contributed by atoms with E-state index in [0.29, 0.717) is 30.9 Å². The Hall–Kier alpha value is -2.64. The fourth-order valence-corrected chi connectivity index (χ4v) is 4.60. The van der Waals surface area contributed by atoms with Crippen LogP contribution >= 0.6 is 11.8 Å². The van der Waals surface area contributed by atoms with E-state index in [2.05, 4.69) is 42.2 Å². The van der Waals surface area contributed by atoms with Gasteiger partial charge in [0.25, 0.3) is 5.56 Å². The third-order valence-corrected chi connectivity index (χ3v) is 6.19. The molecule has 0 bridgehead atoms. The molecular formula is C23H26N4O2S. The summed E-state index contributed by atoms with van der Waals surface area (Å²) in [6, 6.07) is 14.2. The van der Waals surface area contributed by atoms with Gasteiger partial charge in [0.1, 0.15) is 0 Å². The molecule has 6 nitrogen and oxygen atoms in total. The normalized spacial score (nSPS) is 11.6. The Morgan fingerprint density at radius 3 is 2.77 bits per heavy atom. The van der Waals surface area contributed by atoms with Crippen molar-refractivity contribution in [3.8, 4) is 0 Å². The van der Waals surface area contributed by atoms with Gasteiger partial charge in [-0.3, -0.25) is 13.8 Å². The van der Waals surface area contributed by atoms with E-state index >= 15 is 0 Å².